The lowest BCUT2D eigenvalue weighted by molar-refractivity contribution is -0.137. The molecule has 1 fully saturated rings. The Labute approximate surface area is 113 Å². The first kappa shape index (κ1) is 13.2. The predicted octanol–water partition coefficient (Wildman–Crippen LogP) is 3.54. The van der Waals surface area contributed by atoms with Crippen molar-refractivity contribution in [1.29, 1.82) is 0 Å². The first-order valence-electron chi connectivity index (χ1n) is 6.13. The van der Waals surface area contributed by atoms with Crippen molar-refractivity contribution in [2.75, 3.05) is 13.2 Å². The molecule has 2 aromatic rings. The second-order valence-electron chi connectivity index (χ2n) is 4.44. The van der Waals surface area contributed by atoms with E-state index in [1.165, 1.54) is 16.7 Å². The molecule has 0 saturated carbocycles. The molecular weight excluding hydrogens is 271 g/mol. The number of halogens is 3. The average Bonchev–Trinajstić information content (AvgIpc) is 3.09. The summed E-state index contributed by atoms with van der Waals surface area (Å²) in [5, 5.41) is 0. The Balaban J connectivity index is 1.97. The van der Waals surface area contributed by atoms with Crippen LogP contribution in [0.1, 0.15) is 17.4 Å². The monoisotopic (exact) mass is 283 g/mol. The Morgan fingerprint density at radius 3 is 2.45 bits per heavy atom. The lowest BCUT2D eigenvalue weighted by atomic mass is 10.1. The van der Waals surface area contributed by atoms with E-state index in [0.29, 0.717) is 18.8 Å². The predicted molar refractivity (Wildman–Crippen MR) is 65.4 cm³/mol. The summed E-state index contributed by atoms with van der Waals surface area (Å²) in [6, 6.07) is 7.15. The molecule has 0 spiro atoms. The van der Waals surface area contributed by atoms with E-state index in [1.807, 2.05) is 0 Å². The SMILES string of the molecule is FC(F)(F)c1ccccc1-n1ccc(C2OCCO2)c1. The molecule has 1 aromatic heterocycles. The van der Waals surface area contributed by atoms with Gasteiger partial charge in [0.05, 0.1) is 24.5 Å². The van der Waals surface area contributed by atoms with Crippen LogP contribution in [0.2, 0.25) is 0 Å². The third kappa shape index (κ3) is 2.44. The molecule has 106 valence electrons. The maximum atomic E-state index is 13.0. The van der Waals surface area contributed by atoms with Crippen molar-refractivity contribution in [2.45, 2.75) is 12.5 Å². The topological polar surface area (TPSA) is 23.4 Å². The first-order chi connectivity index (χ1) is 9.55. The molecule has 20 heavy (non-hydrogen) atoms. The number of alkyl halides is 3. The van der Waals surface area contributed by atoms with E-state index in [1.54, 1.807) is 24.5 Å². The maximum absolute atomic E-state index is 13.0. The molecule has 0 N–H and O–H groups in total. The molecule has 2 heterocycles. The number of hydrogen-bond donors (Lipinski definition) is 0. The lowest BCUT2D eigenvalue weighted by Gasteiger charge is -2.13. The summed E-state index contributed by atoms with van der Waals surface area (Å²) in [6.45, 7) is 0.990. The minimum atomic E-state index is -4.39. The van der Waals surface area contributed by atoms with Gasteiger partial charge in [0.15, 0.2) is 6.29 Å². The third-order valence-corrected chi connectivity index (χ3v) is 3.10. The summed E-state index contributed by atoms with van der Waals surface area (Å²) in [7, 11) is 0. The molecule has 0 aliphatic carbocycles. The summed E-state index contributed by atoms with van der Waals surface area (Å²) in [4.78, 5) is 0. The van der Waals surface area contributed by atoms with Crippen LogP contribution < -0.4 is 0 Å². The Bertz CT molecular complexity index is 600. The average molecular weight is 283 g/mol. The normalized spacial score (nSPS) is 16.8. The zero-order chi connectivity index (χ0) is 14.2. The number of ether oxygens (including phenoxy) is 2. The standard InChI is InChI=1S/C14H12F3NO2/c15-14(16,17)11-3-1-2-4-12(11)18-6-5-10(9-18)13-19-7-8-20-13/h1-6,9,13H,7-8H2. The highest BCUT2D eigenvalue weighted by Crippen LogP contribution is 2.34. The summed E-state index contributed by atoms with van der Waals surface area (Å²) < 4.78 is 51.0. The summed E-state index contributed by atoms with van der Waals surface area (Å²) >= 11 is 0. The number of hydrogen-bond acceptors (Lipinski definition) is 2. The van der Waals surface area contributed by atoms with E-state index in [4.69, 9.17) is 9.47 Å². The summed E-state index contributed by atoms with van der Waals surface area (Å²) in [6.07, 6.45) is -1.71. The van der Waals surface area contributed by atoms with E-state index >= 15 is 0 Å². The van der Waals surface area contributed by atoms with Gasteiger partial charge in [-0.2, -0.15) is 13.2 Å². The molecule has 0 amide bonds. The highest BCUT2D eigenvalue weighted by atomic mass is 19.4. The number of para-hydroxylation sites is 1. The van der Waals surface area contributed by atoms with Gasteiger partial charge in [-0.1, -0.05) is 12.1 Å². The van der Waals surface area contributed by atoms with E-state index in [2.05, 4.69) is 0 Å². The molecule has 6 heteroatoms. The van der Waals surface area contributed by atoms with Gasteiger partial charge >= 0.3 is 6.18 Å². The molecule has 0 unspecified atom stereocenters. The number of rotatable bonds is 2. The van der Waals surface area contributed by atoms with Crippen LogP contribution in [-0.4, -0.2) is 17.8 Å². The zero-order valence-electron chi connectivity index (χ0n) is 10.4. The second-order valence-corrected chi connectivity index (χ2v) is 4.44. The highest BCUT2D eigenvalue weighted by molar-refractivity contribution is 5.44. The molecule has 3 nitrogen and oxygen atoms in total. The lowest BCUT2D eigenvalue weighted by Crippen LogP contribution is -2.09. The van der Waals surface area contributed by atoms with E-state index in [0.717, 1.165) is 6.07 Å². The molecule has 0 atom stereocenters. The van der Waals surface area contributed by atoms with Crippen molar-refractivity contribution in [3.05, 3.63) is 53.9 Å². The van der Waals surface area contributed by atoms with Gasteiger partial charge in [0, 0.05) is 18.0 Å². The van der Waals surface area contributed by atoms with E-state index in [-0.39, 0.29) is 5.69 Å². The van der Waals surface area contributed by atoms with Crippen molar-refractivity contribution in [2.24, 2.45) is 0 Å². The minimum absolute atomic E-state index is 0.0873. The van der Waals surface area contributed by atoms with E-state index < -0.39 is 18.0 Å². The van der Waals surface area contributed by atoms with Gasteiger partial charge in [0.1, 0.15) is 0 Å². The molecule has 1 aromatic carbocycles. The van der Waals surface area contributed by atoms with Gasteiger partial charge in [-0.25, -0.2) is 0 Å². The molecule has 1 aliphatic heterocycles. The minimum Gasteiger partial charge on any atom is -0.346 e. The van der Waals surface area contributed by atoms with Crippen LogP contribution in [0.4, 0.5) is 13.2 Å². The van der Waals surface area contributed by atoms with Crippen LogP contribution in [0, 0.1) is 0 Å². The second kappa shape index (κ2) is 4.96. The van der Waals surface area contributed by atoms with Crippen LogP contribution in [0.3, 0.4) is 0 Å². The first-order valence-corrected chi connectivity index (χ1v) is 6.13. The van der Waals surface area contributed by atoms with Gasteiger partial charge in [-0.05, 0) is 18.2 Å². The Hall–Kier alpha value is -1.79. The van der Waals surface area contributed by atoms with Gasteiger partial charge in [0.25, 0.3) is 0 Å². The van der Waals surface area contributed by atoms with Crippen molar-refractivity contribution < 1.29 is 22.6 Å². The Morgan fingerprint density at radius 2 is 1.75 bits per heavy atom. The maximum Gasteiger partial charge on any atom is 0.418 e. The number of benzene rings is 1. The largest absolute Gasteiger partial charge is 0.418 e. The molecule has 0 radical (unpaired) electrons. The molecule has 0 bridgehead atoms. The van der Waals surface area contributed by atoms with Gasteiger partial charge < -0.3 is 14.0 Å². The number of aromatic nitrogens is 1. The fraction of sp³-hybridized carbons (Fsp3) is 0.286. The molecule has 3 rings (SSSR count). The van der Waals surface area contributed by atoms with Gasteiger partial charge in [-0.3, -0.25) is 0 Å². The quantitative estimate of drug-likeness (QED) is 0.841. The van der Waals surface area contributed by atoms with Crippen molar-refractivity contribution in [1.82, 2.24) is 4.57 Å². The van der Waals surface area contributed by atoms with Crippen LogP contribution >= 0.6 is 0 Å². The smallest absolute Gasteiger partial charge is 0.346 e. The fourth-order valence-electron chi connectivity index (χ4n) is 2.19. The Kier molecular flexibility index (Phi) is 3.27. The van der Waals surface area contributed by atoms with Crippen LogP contribution in [0.5, 0.6) is 0 Å². The van der Waals surface area contributed by atoms with Crippen LogP contribution in [-0.2, 0) is 15.7 Å². The third-order valence-electron chi connectivity index (χ3n) is 3.10. The zero-order valence-corrected chi connectivity index (χ0v) is 10.4. The van der Waals surface area contributed by atoms with Crippen molar-refractivity contribution in [3.63, 3.8) is 0 Å². The van der Waals surface area contributed by atoms with Crippen LogP contribution in [0.25, 0.3) is 5.69 Å². The van der Waals surface area contributed by atoms with Gasteiger partial charge in [-0.15, -0.1) is 0 Å². The fourth-order valence-corrected chi connectivity index (χ4v) is 2.19. The Morgan fingerprint density at radius 1 is 1.05 bits per heavy atom. The van der Waals surface area contributed by atoms with Crippen LogP contribution in [0.15, 0.2) is 42.7 Å². The highest BCUT2D eigenvalue weighted by Gasteiger charge is 2.33. The molecule has 1 aliphatic rings. The van der Waals surface area contributed by atoms with Gasteiger partial charge in [0.2, 0.25) is 0 Å². The number of nitrogens with zero attached hydrogens (tertiary/aromatic N) is 1. The van der Waals surface area contributed by atoms with Crippen molar-refractivity contribution in [3.8, 4) is 5.69 Å². The van der Waals surface area contributed by atoms with E-state index in [9.17, 15) is 13.2 Å². The summed E-state index contributed by atoms with van der Waals surface area (Å²) in [5.41, 5.74) is 0.124. The summed E-state index contributed by atoms with van der Waals surface area (Å²) in [5.74, 6) is 0. The molecule has 1 saturated heterocycles. The van der Waals surface area contributed by atoms with Crippen molar-refractivity contribution >= 4 is 0 Å². The molecular formula is C14H12F3NO2.